The molecular weight excluding hydrogens is 288 g/mol. The lowest BCUT2D eigenvalue weighted by atomic mass is 10.2. The van der Waals surface area contributed by atoms with Crippen LogP contribution in [0.1, 0.15) is 23.7 Å². The second kappa shape index (κ2) is 7.24. The van der Waals surface area contributed by atoms with E-state index >= 15 is 0 Å². The van der Waals surface area contributed by atoms with Crippen LogP contribution in [-0.4, -0.2) is 30.8 Å². The van der Waals surface area contributed by atoms with Gasteiger partial charge >= 0.3 is 5.97 Å². The minimum Gasteiger partial charge on any atom is -0.460 e. The lowest BCUT2D eigenvalue weighted by Gasteiger charge is -2.07. The number of ether oxygens (including phenoxy) is 2. The summed E-state index contributed by atoms with van der Waals surface area (Å²) in [5.74, 6) is -0.159. The fraction of sp³-hybridized carbons (Fsp3) is 0.455. The minimum absolute atomic E-state index is 0.230. The van der Waals surface area contributed by atoms with E-state index in [-0.39, 0.29) is 12.4 Å². The highest BCUT2D eigenvalue weighted by molar-refractivity contribution is 9.10. The van der Waals surface area contributed by atoms with Crippen molar-refractivity contribution in [2.24, 2.45) is 0 Å². The molecule has 0 aliphatic rings. The third kappa shape index (κ3) is 4.70. The Balaban J connectivity index is 2.44. The number of hydrogen-bond acceptors (Lipinski definition) is 5. The summed E-state index contributed by atoms with van der Waals surface area (Å²) in [4.78, 5) is 15.5. The molecule has 0 aliphatic heterocycles. The van der Waals surface area contributed by atoms with Gasteiger partial charge in [0.1, 0.15) is 12.4 Å². The van der Waals surface area contributed by atoms with Crippen molar-refractivity contribution in [1.82, 2.24) is 4.98 Å². The Hall–Kier alpha value is -1.14. The van der Waals surface area contributed by atoms with Gasteiger partial charge in [-0.1, -0.05) is 6.92 Å². The monoisotopic (exact) mass is 302 g/mol. The smallest absolute Gasteiger partial charge is 0.339 e. The maximum atomic E-state index is 11.7. The highest BCUT2D eigenvalue weighted by Crippen LogP contribution is 2.18. The van der Waals surface area contributed by atoms with Crippen LogP contribution < -0.4 is 5.73 Å². The maximum Gasteiger partial charge on any atom is 0.339 e. The van der Waals surface area contributed by atoms with Crippen molar-refractivity contribution >= 4 is 27.7 Å². The molecule has 5 nitrogen and oxygen atoms in total. The molecule has 0 saturated heterocycles. The Morgan fingerprint density at radius 1 is 1.47 bits per heavy atom. The SMILES string of the molecule is CCCOCCOC(=O)c1cc(N)ncc1Br. The van der Waals surface area contributed by atoms with E-state index in [0.29, 0.717) is 23.2 Å². The number of aromatic nitrogens is 1. The third-order valence-corrected chi connectivity index (χ3v) is 2.54. The Labute approximate surface area is 108 Å². The normalized spacial score (nSPS) is 10.2. The standard InChI is InChI=1S/C11H15BrN2O3/c1-2-3-16-4-5-17-11(15)8-6-10(13)14-7-9(8)12/h6-7H,2-5H2,1H3,(H2,13,14). The van der Waals surface area contributed by atoms with E-state index in [9.17, 15) is 4.79 Å². The van der Waals surface area contributed by atoms with Crippen LogP contribution in [0.15, 0.2) is 16.7 Å². The number of rotatable bonds is 6. The molecular formula is C11H15BrN2O3. The molecule has 0 radical (unpaired) electrons. The van der Waals surface area contributed by atoms with E-state index in [1.807, 2.05) is 6.92 Å². The molecule has 6 heteroatoms. The van der Waals surface area contributed by atoms with Crippen molar-refractivity contribution < 1.29 is 14.3 Å². The van der Waals surface area contributed by atoms with E-state index < -0.39 is 5.97 Å². The first-order chi connectivity index (χ1) is 8.15. The number of anilines is 1. The number of hydrogen-bond donors (Lipinski definition) is 1. The van der Waals surface area contributed by atoms with Crippen molar-refractivity contribution in [2.45, 2.75) is 13.3 Å². The summed E-state index contributed by atoms with van der Waals surface area (Å²) >= 11 is 3.21. The summed E-state index contributed by atoms with van der Waals surface area (Å²) in [6.07, 6.45) is 2.42. The van der Waals surface area contributed by atoms with Gasteiger partial charge in [-0.15, -0.1) is 0 Å². The molecule has 0 aliphatic carbocycles. The minimum atomic E-state index is -0.439. The number of halogens is 1. The van der Waals surface area contributed by atoms with Crippen molar-refractivity contribution in [3.63, 3.8) is 0 Å². The van der Waals surface area contributed by atoms with E-state index in [0.717, 1.165) is 6.42 Å². The number of nitrogen functional groups attached to an aromatic ring is 1. The van der Waals surface area contributed by atoms with Gasteiger partial charge in [-0.3, -0.25) is 0 Å². The van der Waals surface area contributed by atoms with Gasteiger partial charge < -0.3 is 15.2 Å². The molecule has 0 aromatic carbocycles. The van der Waals surface area contributed by atoms with E-state index in [4.69, 9.17) is 15.2 Å². The second-order valence-electron chi connectivity index (χ2n) is 3.34. The van der Waals surface area contributed by atoms with Crippen molar-refractivity contribution in [1.29, 1.82) is 0 Å². The van der Waals surface area contributed by atoms with Gasteiger partial charge in [-0.05, 0) is 28.4 Å². The quantitative estimate of drug-likeness (QED) is 0.643. The molecule has 0 bridgehead atoms. The van der Waals surface area contributed by atoms with Gasteiger partial charge in [0.15, 0.2) is 0 Å². The van der Waals surface area contributed by atoms with Gasteiger partial charge in [0.05, 0.1) is 16.6 Å². The molecule has 2 N–H and O–H groups in total. The van der Waals surface area contributed by atoms with Crippen molar-refractivity contribution in [3.8, 4) is 0 Å². The summed E-state index contributed by atoms with van der Waals surface area (Å²) < 4.78 is 10.8. The topological polar surface area (TPSA) is 74.4 Å². The van der Waals surface area contributed by atoms with Crippen LogP contribution in [0, 0.1) is 0 Å². The fourth-order valence-electron chi connectivity index (χ4n) is 1.13. The third-order valence-electron chi connectivity index (χ3n) is 1.91. The predicted molar refractivity (Wildman–Crippen MR) is 67.7 cm³/mol. The van der Waals surface area contributed by atoms with Crippen molar-refractivity contribution in [3.05, 3.63) is 22.3 Å². The lowest BCUT2D eigenvalue weighted by molar-refractivity contribution is 0.0317. The zero-order chi connectivity index (χ0) is 12.7. The Bertz CT molecular complexity index is 385. The van der Waals surface area contributed by atoms with E-state index in [1.165, 1.54) is 12.3 Å². The van der Waals surface area contributed by atoms with Crippen LogP contribution in [0.3, 0.4) is 0 Å². The zero-order valence-electron chi connectivity index (χ0n) is 9.61. The first-order valence-corrected chi connectivity index (χ1v) is 6.10. The van der Waals surface area contributed by atoms with E-state index in [1.54, 1.807) is 0 Å². The Kier molecular flexibility index (Phi) is 5.93. The molecule has 1 aromatic rings. The predicted octanol–water partition coefficient (Wildman–Crippen LogP) is 2.01. The number of carbonyl (C=O) groups is 1. The van der Waals surface area contributed by atoms with Gasteiger partial charge in [-0.25, -0.2) is 9.78 Å². The fourth-order valence-corrected chi connectivity index (χ4v) is 1.51. The number of nitrogens with zero attached hydrogens (tertiary/aromatic N) is 1. The van der Waals surface area contributed by atoms with Crippen LogP contribution in [-0.2, 0) is 9.47 Å². The summed E-state index contributed by atoms with van der Waals surface area (Å²) in [5.41, 5.74) is 5.86. The van der Waals surface area contributed by atoms with E-state index in [2.05, 4.69) is 20.9 Å². The number of nitrogens with two attached hydrogens (primary N) is 1. The molecule has 94 valence electrons. The van der Waals surface area contributed by atoms with Crippen molar-refractivity contribution in [2.75, 3.05) is 25.6 Å². The molecule has 0 spiro atoms. The summed E-state index contributed by atoms with van der Waals surface area (Å²) in [7, 11) is 0. The number of pyridine rings is 1. The highest BCUT2D eigenvalue weighted by atomic mass is 79.9. The van der Waals surface area contributed by atoms with Gasteiger partial charge in [-0.2, -0.15) is 0 Å². The average molecular weight is 303 g/mol. The average Bonchev–Trinajstić information content (AvgIpc) is 2.32. The largest absolute Gasteiger partial charge is 0.460 e. The number of esters is 1. The van der Waals surface area contributed by atoms with Crippen LogP contribution in [0.25, 0.3) is 0 Å². The molecule has 1 aromatic heterocycles. The van der Waals surface area contributed by atoms with Gasteiger partial charge in [0.25, 0.3) is 0 Å². The second-order valence-corrected chi connectivity index (χ2v) is 4.19. The molecule has 1 heterocycles. The molecule has 17 heavy (non-hydrogen) atoms. The molecule has 0 amide bonds. The van der Waals surface area contributed by atoms with Gasteiger partial charge in [0, 0.05) is 12.8 Å². The molecule has 0 atom stereocenters. The summed E-state index contributed by atoms with van der Waals surface area (Å²) in [5, 5.41) is 0. The molecule has 0 unspecified atom stereocenters. The van der Waals surface area contributed by atoms with Crippen LogP contribution >= 0.6 is 15.9 Å². The Morgan fingerprint density at radius 2 is 2.24 bits per heavy atom. The van der Waals surface area contributed by atoms with Crippen LogP contribution in [0.2, 0.25) is 0 Å². The zero-order valence-corrected chi connectivity index (χ0v) is 11.2. The first kappa shape index (κ1) is 13.9. The Morgan fingerprint density at radius 3 is 2.94 bits per heavy atom. The molecule has 0 saturated carbocycles. The summed E-state index contributed by atoms with van der Waals surface area (Å²) in [6, 6.07) is 1.47. The first-order valence-electron chi connectivity index (χ1n) is 5.31. The molecule has 1 rings (SSSR count). The van der Waals surface area contributed by atoms with Gasteiger partial charge in [0.2, 0.25) is 0 Å². The number of carbonyl (C=O) groups excluding carboxylic acids is 1. The summed E-state index contributed by atoms with van der Waals surface area (Å²) in [6.45, 7) is 3.32. The van der Waals surface area contributed by atoms with Crippen LogP contribution in [0.4, 0.5) is 5.82 Å². The highest BCUT2D eigenvalue weighted by Gasteiger charge is 2.12. The van der Waals surface area contributed by atoms with Crippen LogP contribution in [0.5, 0.6) is 0 Å². The lowest BCUT2D eigenvalue weighted by Crippen LogP contribution is -2.12. The maximum absolute atomic E-state index is 11.7. The molecule has 0 fully saturated rings.